The Bertz CT molecular complexity index is 954. The van der Waals surface area contributed by atoms with E-state index in [1.54, 1.807) is 16.8 Å². The number of hydrogen-bond acceptors (Lipinski definition) is 7. The zero-order chi connectivity index (χ0) is 18.5. The predicted octanol–water partition coefficient (Wildman–Crippen LogP) is 1.89. The standard InChI is InChI=1S/C17H20FN5O2S/c1-17(19)5-6-22(9-14(17)24)16-21-23-12(8-20-15(23)26-16)11-4-3-10(18)7-13(11)25-2/h3-4,7-8,14,24H,5-6,9,19H2,1-2H3/t14-,17-/m0/s1. The van der Waals surface area contributed by atoms with Crippen LogP contribution in [0, 0.1) is 5.82 Å². The van der Waals surface area contributed by atoms with E-state index < -0.39 is 11.6 Å². The minimum absolute atomic E-state index is 0.363. The van der Waals surface area contributed by atoms with Gasteiger partial charge in [-0.1, -0.05) is 11.3 Å². The van der Waals surface area contributed by atoms with Gasteiger partial charge in [0.1, 0.15) is 11.6 Å². The molecule has 7 nitrogen and oxygen atoms in total. The van der Waals surface area contributed by atoms with E-state index in [1.807, 2.05) is 11.8 Å². The summed E-state index contributed by atoms with van der Waals surface area (Å²) < 4.78 is 20.5. The van der Waals surface area contributed by atoms with Crippen LogP contribution in [0.4, 0.5) is 9.52 Å². The van der Waals surface area contributed by atoms with Gasteiger partial charge in [-0.25, -0.2) is 13.9 Å². The number of methoxy groups -OCH3 is 1. The molecule has 3 aromatic rings. The Morgan fingerprint density at radius 3 is 3.00 bits per heavy atom. The number of hydrogen-bond donors (Lipinski definition) is 2. The maximum atomic E-state index is 13.5. The number of nitrogens with two attached hydrogens (primary N) is 1. The van der Waals surface area contributed by atoms with Crippen LogP contribution < -0.4 is 15.4 Å². The number of β-amino-alcohol motifs (C(OH)–C–C–N with tert-alkyl or cyclic N) is 1. The van der Waals surface area contributed by atoms with E-state index in [0.29, 0.717) is 24.3 Å². The number of imidazole rings is 1. The second-order valence-corrected chi connectivity index (χ2v) is 7.72. The molecule has 3 N–H and O–H groups in total. The highest BCUT2D eigenvalue weighted by atomic mass is 32.1. The molecule has 0 unspecified atom stereocenters. The van der Waals surface area contributed by atoms with Gasteiger partial charge in [-0.2, -0.15) is 0 Å². The fraction of sp³-hybridized carbons (Fsp3) is 0.412. The Hall–Kier alpha value is -2.23. The molecule has 0 radical (unpaired) electrons. The van der Waals surface area contributed by atoms with E-state index in [1.165, 1.54) is 30.6 Å². The van der Waals surface area contributed by atoms with Crippen LogP contribution in [0.25, 0.3) is 16.2 Å². The van der Waals surface area contributed by atoms with Crippen LogP contribution in [-0.2, 0) is 0 Å². The Labute approximate surface area is 153 Å². The largest absolute Gasteiger partial charge is 0.496 e. The van der Waals surface area contributed by atoms with E-state index >= 15 is 0 Å². The molecule has 138 valence electrons. The molecule has 1 saturated heterocycles. The van der Waals surface area contributed by atoms with Crippen LogP contribution in [0.3, 0.4) is 0 Å². The summed E-state index contributed by atoms with van der Waals surface area (Å²) in [5.41, 5.74) is 6.96. The van der Waals surface area contributed by atoms with Crippen molar-refractivity contribution in [1.29, 1.82) is 0 Å². The van der Waals surface area contributed by atoms with Crippen molar-refractivity contribution < 1.29 is 14.2 Å². The Kier molecular flexibility index (Phi) is 4.09. The quantitative estimate of drug-likeness (QED) is 0.725. The highest BCUT2D eigenvalue weighted by Gasteiger charge is 2.36. The first-order valence-electron chi connectivity index (χ1n) is 8.29. The summed E-state index contributed by atoms with van der Waals surface area (Å²) in [6, 6.07) is 4.37. The summed E-state index contributed by atoms with van der Waals surface area (Å²) in [6.07, 6.45) is 1.75. The first-order valence-corrected chi connectivity index (χ1v) is 9.11. The number of anilines is 1. The van der Waals surface area contributed by atoms with Gasteiger partial charge < -0.3 is 20.5 Å². The van der Waals surface area contributed by atoms with Crippen LogP contribution >= 0.6 is 11.3 Å². The summed E-state index contributed by atoms with van der Waals surface area (Å²) in [5.74, 6) is 0.0612. The molecule has 26 heavy (non-hydrogen) atoms. The predicted molar refractivity (Wildman–Crippen MR) is 98.2 cm³/mol. The fourth-order valence-corrected chi connectivity index (χ4v) is 4.01. The van der Waals surface area contributed by atoms with Crippen LogP contribution in [0.2, 0.25) is 0 Å². The molecule has 9 heteroatoms. The average Bonchev–Trinajstić information content (AvgIpc) is 3.18. The summed E-state index contributed by atoms with van der Waals surface area (Å²) in [7, 11) is 1.50. The fourth-order valence-electron chi connectivity index (χ4n) is 3.10. The Morgan fingerprint density at radius 2 is 2.27 bits per heavy atom. The molecule has 1 aliphatic rings. The molecule has 0 bridgehead atoms. The topological polar surface area (TPSA) is 88.9 Å². The highest BCUT2D eigenvalue weighted by Crippen LogP contribution is 2.34. The monoisotopic (exact) mass is 377 g/mol. The molecule has 1 fully saturated rings. The molecule has 1 aliphatic heterocycles. The Morgan fingerprint density at radius 1 is 1.46 bits per heavy atom. The molecule has 1 aromatic carbocycles. The van der Waals surface area contributed by atoms with Gasteiger partial charge in [-0.3, -0.25) is 0 Å². The average molecular weight is 377 g/mol. The van der Waals surface area contributed by atoms with Gasteiger partial charge in [0.25, 0.3) is 0 Å². The number of rotatable bonds is 3. The van der Waals surface area contributed by atoms with Crippen LogP contribution in [-0.4, -0.2) is 51.5 Å². The molecule has 0 saturated carbocycles. The molecular formula is C17H20FN5O2S. The molecule has 0 amide bonds. The maximum Gasteiger partial charge on any atom is 0.214 e. The third-order valence-corrected chi connectivity index (χ3v) is 5.84. The lowest BCUT2D eigenvalue weighted by Gasteiger charge is -2.40. The lowest BCUT2D eigenvalue weighted by molar-refractivity contribution is 0.0794. The summed E-state index contributed by atoms with van der Waals surface area (Å²) >= 11 is 1.44. The van der Waals surface area contributed by atoms with Gasteiger partial charge >= 0.3 is 0 Å². The van der Waals surface area contributed by atoms with Gasteiger partial charge in [-0.05, 0) is 25.5 Å². The van der Waals surface area contributed by atoms with E-state index in [-0.39, 0.29) is 5.82 Å². The Balaban J connectivity index is 1.70. The third kappa shape index (κ3) is 2.81. The number of aliphatic hydroxyl groups is 1. The van der Waals surface area contributed by atoms with Crippen LogP contribution in [0.15, 0.2) is 24.4 Å². The van der Waals surface area contributed by atoms with Crippen LogP contribution in [0.1, 0.15) is 13.3 Å². The third-order valence-electron chi connectivity index (χ3n) is 4.86. The van der Waals surface area contributed by atoms with Crippen molar-refractivity contribution >= 4 is 21.4 Å². The normalized spacial score (nSPS) is 23.6. The number of fused-ring (bicyclic) bond motifs is 1. The molecule has 0 spiro atoms. The van der Waals surface area contributed by atoms with Crippen molar-refractivity contribution in [2.45, 2.75) is 25.0 Å². The van der Waals surface area contributed by atoms with E-state index in [4.69, 9.17) is 10.5 Å². The lowest BCUT2D eigenvalue weighted by atomic mass is 9.88. The van der Waals surface area contributed by atoms with E-state index in [9.17, 15) is 9.50 Å². The molecule has 2 atom stereocenters. The number of ether oxygens (including phenoxy) is 1. The summed E-state index contributed by atoms with van der Waals surface area (Å²) in [5, 5.41) is 15.7. The van der Waals surface area contributed by atoms with Crippen molar-refractivity contribution in [2.75, 3.05) is 25.1 Å². The van der Waals surface area contributed by atoms with E-state index in [2.05, 4.69) is 10.1 Å². The molecule has 2 aromatic heterocycles. The van der Waals surface area contributed by atoms with Crippen molar-refractivity contribution in [3.05, 3.63) is 30.2 Å². The van der Waals surface area contributed by atoms with Gasteiger partial charge in [0.15, 0.2) is 0 Å². The highest BCUT2D eigenvalue weighted by molar-refractivity contribution is 7.20. The van der Waals surface area contributed by atoms with Crippen molar-refractivity contribution in [3.63, 3.8) is 0 Å². The summed E-state index contributed by atoms with van der Waals surface area (Å²) in [6.45, 7) is 3.01. The smallest absolute Gasteiger partial charge is 0.214 e. The number of piperidine rings is 1. The SMILES string of the molecule is COc1cc(F)ccc1-c1cnc2sc(N3CC[C@](C)(N)[C@@H](O)C3)nn12. The minimum atomic E-state index is -0.621. The van der Waals surface area contributed by atoms with Crippen molar-refractivity contribution in [2.24, 2.45) is 5.73 Å². The van der Waals surface area contributed by atoms with Gasteiger partial charge in [-0.15, -0.1) is 5.10 Å². The van der Waals surface area contributed by atoms with E-state index in [0.717, 1.165) is 22.3 Å². The molecular weight excluding hydrogens is 357 g/mol. The van der Waals surface area contributed by atoms with Gasteiger partial charge in [0.05, 0.1) is 25.1 Å². The first kappa shape index (κ1) is 17.2. The summed E-state index contributed by atoms with van der Waals surface area (Å²) in [4.78, 5) is 7.15. The number of aromatic nitrogens is 3. The minimum Gasteiger partial charge on any atom is -0.496 e. The van der Waals surface area contributed by atoms with Gasteiger partial charge in [0, 0.05) is 30.3 Å². The zero-order valence-corrected chi connectivity index (χ0v) is 15.3. The molecule has 3 heterocycles. The van der Waals surface area contributed by atoms with Crippen molar-refractivity contribution in [3.8, 4) is 17.0 Å². The van der Waals surface area contributed by atoms with Gasteiger partial charge in [0.2, 0.25) is 10.1 Å². The lowest BCUT2D eigenvalue weighted by Crippen LogP contribution is -2.59. The van der Waals surface area contributed by atoms with Crippen molar-refractivity contribution in [1.82, 2.24) is 14.6 Å². The second-order valence-electron chi connectivity index (χ2n) is 6.78. The number of aliphatic hydroxyl groups excluding tert-OH is 1. The van der Waals surface area contributed by atoms with Crippen LogP contribution in [0.5, 0.6) is 5.75 Å². The first-order chi connectivity index (χ1) is 12.4. The second kappa shape index (κ2) is 6.19. The zero-order valence-electron chi connectivity index (χ0n) is 14.5. The molecule has 4 rings (SSSR count). The number of nitrogens with zero attached hydrogens (tertiary/aromatic N) is 4. The number of benzene rings is 1. The molecule has 0 aliphatic carbocycles. The number of halogens is 1. The maximum absolute atomic E-state index is 13.5.